The quantitative estimate of drug-likeness (QED) is 0.697. The van der Waals surface area contributed by atoms with Crippen molar-refractivity contribution in [3.63, 3.8) is 0 Å². The van der Waals surface area contributed by atoms with E-state index >= 15 is 0 Å². The number of nitrogens with one attached hydrogen (secondary N) is 1. The number of hydrogen-bond donors (Lipinski definition) is 1. The molecule has 1 atom stereocenters. The van der Waals surface area contributed by atoms with Crippen LogP contribution in [0.2, 0.25) is 0 Å². The van der Waals surface area contributed by atoms with Crippen molar-refractivity contribution in [2.45, 2.75) is 18.9 Å². The van der Waals surface area contributed by atoms with Crippen molar-refractivity contribution in [3.8, 4) is 0 Å². The van der Waals surface area contributed by atoms with Gasteiger partial charge in [-0.05, 0) is 12.8 Å². The maximum absolute atomic E-state index is 12.7. The second kappa shape index (κ2) is 6.62. The highest BCUT2D eigenvalue weighted by molar-refractivity contribution is 5.87. The van der Waals surface area contributed by atoms with Crippen LogP contribution in [0, 0.1) is 0 Å². The van der Waals surface area contributed by atoms with Gasteiger partial charge in [-0.1, -0.05) is 0 Å². The van der Waals surface area contributed by atoms with Gasteiger partial charge in [-0.2, -0.15) is 0 Å². The minimum absolute atomic E-state index is 0.00397. The first-order chi connectivity index (χ1) is 10.3. The van der Waals surface area contributed by atoms with E-state index < -0.39 is 0 Å². The number of ether oxygens (including phenoxy) is 1. The van der Waals surface area contributed by atoms with E-state index in [2.05, 4.69) is 5.32 Å². The van der Waals surface area contributed by atoms with Gasteiger partial charge in [-0.15, -0.1) is 0 Å². The van der Waals surface area contributed by atoms with Gasteiger partial charge in [0.25, 0.3) is 0 Å². The summed E-state index contributed by atoms with van der Waals surface area (Å²) in [7, 11) is 0. The number of hydrogen-bond acceptors (Lipinski definition) is 4. The largest absolute Gasteiger partial charge is 0.378 e. The summed E-state index contributed by atoms with van der Waals surface area (Å²) >= 11 is 0. The summed E-state index contributed by atoms with van der Waals surface area (Å²) in [6, 6.07) is -0.261. The van der Waals surface area contributed by atoms with Crippen LogP contribution in [-0.2, 0) is 9.53 Å². The highest BCUT2D eigenvalue weighted by Gasteiger charge is 2.38. The van der Waals surface area contributed by atoms with Crippen LogP contribution in [0.3, 0.4) is 0 Å². The predicted octanol–water partition coefficient (Wildman–Crippen LogP) is -0.665. The number of urea groups is 1. The van der Waals surface area contributed by atoms with Crippen molar-refractivity contribution in [2.24, 2.45) is 0 Å². The Kier molecular flexibility index (Phi) is 4.60. The molecule has 21 heavy (non-hydrogen) atoms. The van der Waals surface area contributed by atoms with Gasteiger partial charge in [0, 0.05) is 45.8 Å². The van der Waals surface area contributed by atoms with E-state index in [4.69, 9.17) is 4.74 Å². The third kappa shape index (κ3) is 3.13. The third-order valence-electron chi connectivity index (χ3n) is 4.49. The Bertz CT molecular complexity index is 356. The maximum Gasteiger partial charge on any atom is 0.320 e. The fourth-order valence-corrected chi connectivity index (χ4v) is 3.28. The highest BCUT2D eigenvalue weighted by atomic mass is 16.5. The first-order valence-corrected chi connectivity index (χ1v) is 7.90. The Hall–Kier alpha value is -1.34. The minimum atomic E-state index is -0.265. The van der Waals surface area contributed by atoms with E-state index in [1.807, 2.05) is 9.80 Å². The minimum Gasteiger partial charge on any atom is -0.378 e. The van der Waals surface area contributed by atoms with Crippen LogP contribution < -0.4 is 5.32 Å². The SMILES string of the molecule is O=C(C1CCCN1C(=O)N1CCOCC1)N1CCNCC1. The molecule has 0 aromatic rings. The lowest BCUT2D eigenvalue weighted by molar-refractivity contribution is -0.135. The normalized spacial score (nSPS) is 27.0. The predicted molar refractivity (Wildman–Crippen MR) is 77.0 cm³/mol. The van der Waals surface area contributed by atoms with Gasteiger partial charge in [-0.3, -0.25) is 4.79 Å². The number of carbonyl (C=O) groups excluding carboxylic acids is 2. The van der Waals surface area contributed by atoms with Gasteiger partial charge in [0.15, 0.2) is 0 Å². The molecule has 0 spiro atoms. The molecular formula is C14H24N4O3. The summed E-state index contributed by atoms with van der Waals surface area (Å²) in [6.45, 7) is 6.31. The van der Waals surface area contributed by atoms with Gasteiger partial charge in [-0.25, -0.2) is 4.79 Å². The lowest BCUT2D eigenvalue weighted by atomic mass is 10.2. The molecule has 3 fully saturated rings. The zero-order chi connectivity index (χ0) is 14.7. The van der Waals surface area contributed by atoms with Gasteiger partial charge >= 0.3 is 6.03 Å². The Balaban J connectivity index is 1.63. The molecule has 3 aliphatic rings. The van der Waals surface area contributed by atoms with E-state index in [9.17, 15) is 9.59 Å². The lowest BCUT2D eigenvalue weighted by Crippen LogP contribution is -2.56. The zero-order valence-electron chi connectivity index (χ0n) is 12.4. The first kappa shape index (κ1) is 14.6. The van der Waals surface area contributed by atoms with Crippen LogP contribution in [0.4, 0.5) is 4.79 Å². The molecule has 7 nitrogen and oxygen atoms in total. The maximum atomic E-state index is 12.7. The molecule has 3 amide bonds. The molecular weight excluding hydrogens is 272 g/mol. The van der Waals surface area contributed by atoms with Crippen molar-refractivity contribution in [1.29, 1.82) is 0 Å². The van der Waals surface area contributed by atoms with E-state index in [1.165, 1.54) is 0 Å². The Labute approximate surface area is 125 Å². The monoisotopic (exact) mass is 296 g/mol. The molecule has 3 heterocycles. The van der Waals surface area contributed by atoms with Crippen molar-refractivity contribution in [1.82, 2.24) is 20.0 Å². The molecule has 3 saturated heterocycles. The lowest BCUT2D eigenvalue weighted by Gasteiger charge is -2.36. The third-order valence-corrected chi connectivity index (χ3v) is 4.49. The van der Waals surface area contributed by atoms with E-state index in [0.717, 1.165) is 39.0 Å². The van der Waals surface area contributed by atoms with Gasteiger partial charge in [0.05, 0.1) is 13.2 Å². The second-order valence-corrected chi connectivity index (χ2v) is 5.81. The fourth-order valence-electron chi connectivity index (χ4n) is 3.28. The number of morpholine rings is 1. The zero-order valence-corrected chi connectivity index (χ0v) is 12.4. The van der Waals surface area contributed by atoms with E-state index in [1.54, 1.807) is 4.90 Å². The van der Waals surface area contributed by atoms with Gasteiger partial charge in [0.2, 0.25) is 5.91 Å². The summed E-state index contributed by atoms with van der Waals surface area (Å²) in [6.07, 6.45) is 1.71. The van der Waals surface area contributed by atoms with Crippen molar-refractivity contribution in [2.75, 3.05) is 59.0 Å². The molecule has 0 aliphatic carbocycles. The summed E-state index contributed by atoms with van der Waals surface area (Å²) < 4.78 is 5.29. The summed E-state index contributed by atoms with van der Waals surface area (Å²) in [5.74, 6) is 0.121. The fraction of sp³-hybridized carbons (Fsp3) is 0.857. The molecule has 0 bridgehead atoms. The molecule has 7 heteroatoms. The van der Waals surface area contributed by atoms with Gasteiger partial charge < -0.3 is 24.8 Å². The molecule has 0 radical (unpaired) electrons. The van der Waals surface area contributed by atoms with Crippen molar-refractivity contribution < 1.29 is 14.3 Å². The topological polar surface area (TPSA) is 65.1 Å². The van der Waals surface area contributed by atoms with Crippen molar-refractivity contribution >= 4 is 11.9 Å². The Morgan fingerprint density at radius 2 is 1.67 bits per heavy atom. The molecule has 3 rings (SSSR count). The number of likely N-dealkylation sites (tertiary alicyclic amines) is 1. The highest BCUT2D eigenvalue weighted by Crippen LogP contribution is 2.21. The summed E-state index contributed by atoms with van der Waals surface area (Å²) in [5, 5.41) is 3.25. The average molecular weight is 296 g/mol. The van der Waals surface area contributed by atoms with Crippen LogP contribution in [0.5, 0.6) is 0 Å². The first-order valence-electron chi connectivity index (χ1n) is 7.90. The molecule has 3 aliphatic heterocycles. The molecule has 118 valence electrons. The molecule has 0 aromatic carbocycles. The van der Waals surface area contributed by atoms with Crippen LogP contribution in [-0.4, -0.2) is 91.7 Å². The summed E-state index contributed by atoms with van der Waals surface area (Å²) in [5.41, 5.74) is 0. The van der Waals surface area contributed by atoms with Crippen LogP contribution in [0.1, 0.15) is 12.8 Å². The number of piperazine rings is 1. The van der Waals surface area contributed by atoms with E-state index in [-0.39, 0.29) is 18.0 Å². The van der Waals surface area contributed by atoms with Crippen LogP contribution >= 0.6 is 0 Å². The Morgan fingerprint density at radius 1 is 0.952 bits per heavy atom. The average Bonchev–Trinajstić information content (AvgIpc) is 3.04. The molecule has 0 aromatic heterocycles. The van der Waals surface area contributed by atoms with Crippen molar-refractivity contribution in [3.05, 3.63) is 0 Å². The molecule has 1 unspecified atom stereocenters. The van der Waals surface area contributed by atoms with Crippen LogP contribution in [0.15, 0.2) is 0 Å². The number of amides is 3. The summed E-state index contributed by atoms with van der Waals surface area (Å²) in [4.78, 5) is 30.8. The van der Waals surface area contributed by atoms with E-state index in [0.29, 0.717) is 32.8 Å². The number of carbonyl (C=O) groups is 2. The second-order valence-electron chi connectivity index (χ2n) is 5.81. The Morgan fingerprint density at radius 3 is 2.38 bits per heavy atom. The molecule has 0 saturated carbocycles. The molecule has 1 N–H and O–H groups in total. The number of nitrogens with zero attached hydrogens (tertiary/aromatic N) is 3. The standard InChI is InChI=1S/C14H24N4O3/c19-13(16-6-3-15-4-7-16)12-2-1-5-18(12)14(20)17-8-10-21-11-9-17/h12,15H,1-11H2. The van der Waals surface area contributed by atoms with Crippen LogP contribution in [0.25, 0.3) is 0 Å². The smallest absolute Gasteiger partial charge is 0.320 e. The van der Waals surface area contributed by atoms with Gasteiger partial charge in [0.1, 0.15) is 6.04 Å². The number of rotatable bonds is 1.